The van der Waals surface area contributed by atoms with Crippen molar-refractivity contribution in [3.8, 4) is 0 Å². The third-order valence-electron chi connectivity index (χ3n) is 4.38. The maximum Gasteiger partial charge on any atom is 0.303 e. The van der Waals surface area contributed by atoms with Gasteiger partial charge < -0.3 is 9.84 Å². The second-order valence-corrected chi connectivity index (χ2v) is 6.47. The fourth-order valence-corrected chi connectivity index (χ4v) is 3.05. The lowest BCUT2D eigenvalue weighted by Crippen LogP contribution is -2.15. The van der Waals surface area contributed by atoms with Crippen LogP contribution in [0.25, 0.3) is 0 Å². The fraction of sp³-hybridized carbons (Fsp3) is 0.889. The van der Waals surface area contributed by atoms with Gasteiger partial charge in [-0.05, 0) is 19.3 Å². The van der Waals surface area contributed by atoms with Crippen molar-refractivity contribution in [1.82, 2.24) is 0 Å². The fourth-order valence-electron chi connectivity index (χ4n) is 3.05. The summed E-state index contributed by atoms with van der Waals surface area (Å²) < 4.78 is 5.89. The minimum atomic E-state index is -0.706. The molecule has 4 nitrogen and oxygen atoms in total. The smallest absolute Gasteiger partial charge is 0.303 e. The molecule has 1 saturated heterocycles. The summed E-state index contributed by atoms with van der Waals surface area (Å²) in [5.74, 6) is -0.411. The van der Waals surface area contributed by atoms with Gasteiger partial charge in [-0.2, -0.15) is 0 Å². The zero-order valence-corrected chi connectivity index (χ0v) is 14.0. The first-order chi connectivity index (χ1) is 10.6. The number of Topliss-reactive ketones (excluding diaryl/α,β-unsaturated/α-hetero) is 1. The van der Waals surface area contributed by atoms with E-state index in [9.17, 15) is 9.59 Å². The highest BCUT2D eigenvalue weighted by Gasteiger charge is 2.32. The number of carboxylic acid groups (broad SMARTS) is 1. The SMILES string of the molecule is CCCCCCC1OC(CCCCCCCC(=O)O)CC1=O. The molecular formula is C18H32O4. The molecule has 0 saturated carbocycles. The number of carboxylic acids is 1. The summed E-state index contributed by atoms with van der Waals surface area (Å²) >= 11 is 0. The van der Waals surface area contributed by atoms with Gasteiger partial charge in [0, 0.05) is 12.8 Å². The van der Waals surface area contributed by atoms with Crippen molar-refractivity contribution in [1.29, 1.82) is 0 Å². The van der Waals surface area contributed by atoms with E-state index in [1.807, 2.05) is 0 Å². The summed E-state index contributed by atoms with van der Waals surface area (Å²) in [7, 11) is 0. The number of aliphatic carboxylic acids is 1. The predicted octanol–water partition coefficient (Wildman–Crippen LogP) is 4.50. The molecule has 1 N–H and O–H groups in total. The molecule has 0 amide bonds. The molecule has 0 bridgehead atoms. The second kappa shape index (κ2) is 11.6. The Morgan fingerprint density at radius 2 is 1.68 bits per heavy atom. The maximum absolute atomic E-state index is 11.9. The Morgan fingerprint density at radius 3 is 2.41 bits per heavy atom. The van der Waals surface area contributed by atoms with Crippen LogP contribution in [0.4, 0.5) is 0 Å². The van der Waals surface area contributed by atoms with Crippen molar-refractivity contribution in [3.05, 3.63) is 0 Å². The third kappa shape index (κ3) is 8.52. The van der Waals surface area contributed by atoms with Crippen molar-refractivity contribution in [2.24, 2.45) is 0 Å². The second-order valence-electron chi connectivity index (χ2n) is 6.47. The molecule has 1 aliphatic rings. The normalized spacial score (nSPS) is 21.4. The quantitative estimate of drug-likeness (QED) is 0.509. The van der Waals surface area contributed by atoms with Gasteiger partial charge in [-0.15, -0.1) is 0 Å². The Labute approximate surface area is 134 Å². The number of carbonyl (C=O) groups excluding carboxylic acids is 1. The summed E-state index contributed by atoms with van der Waals surface area (Å²) in [5, 5.41) is 8.55. The van der Waals surface area contributed by atoms with E-state index < -0.39 is 5.97 Å². The molecule has 0 spiro atoms. The molecule has 22 heavy (non-hydrogen) atoms. The average Bonchev–Trinajstić information content (AvgIpc) is 2.82. The number of hydrogen-bond acceptors (Lipinski definition) is 3. The molecule has 1 fully saturated rings. The van der Waals surface area contributed by atoms with Gasteiger partial charge in [0.2, 0.25) is 0 Å². The van der Waals surface area contributed by atoms with Gasteiger partial charge in [0.25, 0.3) is 0 Å². The van der Waals surface area contributed by atoms with Gasteiger partial charge in [0.1, 0.15) is 6.10 Å². The van der Waals surface area contributed by atoms with Crippen molar-refractivity contribution >= 4 is 11.8 Å². The molecule has 1 aliphatic heterocycles. The Morgan fingerprint density at radius 1 is 1.05 bits per heavy atom. The van der Waals surface area contributed by atoms with E-state index in [1.165, 1.54) is 19.3 Å². The van der Waals surface area contributed by atoms with Crippen molar-refractivity contribution in [2.75, 3.05) is 0 Å². The first-order valence-corrected chi connectivity index (χ1v) is 9.03. The number of carbonyl (C=O) groups is 2. The summed E-state index contributed by atoms with van der Waals surface area (Å²) in [5.41, 5.74) is 0. The number of ether oxygens (including phenoxy) is 1. The molecule has 0 aromatic rings. The Balaban J connectivity index is 2.00. The van der Waals surface area contributed by atoms with E-state index in [0.29, 0.717) is 12.2 Å². The zero-order chi connectivity index (χ0) is 16.2. The minimum Gasteiger partial charge on any atom is -0.481 e. The Kier molecular flexibility index (Phi) is 10.1. The monoisotopic (exact) mass is 312 g/mol. The molecule has 128 valence electrons. The molecule has 0 aliphatic carbocycles. The molecular weight excluding hydrogens is 280 g/mol. The van der Waals surface area contributed by atoms with Crippen LogP contribution in [0, 0.1) is 0 Å². The summed E-state index contributed by atoms with van der Waals surface area (Å²) in [6, 6.07) is 0. The Bertz CT molecular complexity index is 327. The van der Waals surface area contributed by atoms with E-state index in [4.69, 9.17) is 9.84 Å². The highest BCUT2D eigenvalue weighted by molar-refractivity contribution is 5.85. The molecule has 0 aromatic heterocycles. The lowest BCUT2D eigenvalue weighted by molar-refractivity contribution is -0.137. The summed E-state index contributed by atoms with van der Waals surface area (Å²) in [6.07, 6.45) is 12.5. The highest BCUT2D eigenvalue weighted by Crippen LogP contribution is 2.25. The molecule has 2 atom stereocenters. The van der Waals surface area contributed by atoms with Crippen LogP contribution >= 0.6 is 0 Å². The molecule has 0 aromatic carbocycles. The number of rotatable bonds is 13. The lowest BCUT2D eigenvalue weighted by Gasteiger charge is -2.12. The highest BCUT2D eigenvalue weighted by atomic mass is 16.5. The largest absolute Gasteiger partial charge is 0.481 e. The maximum atomic E-state index is 11.9. The van der Waals surface area contributed by atoms with Crippen LogP contribution in [0.15, 0.2) is 0 Å². The van der Waals surface area contributed by atoms with Crippen molar-refractivity contribution in [2.45, 2.75) is 103 Å². The van der Waals surface area contributed by atoms with E-state index >= 15 is 0 Å². The van der Waals surface area contributed by atoms with Gasteiger partial charge in [-0.3, -0.25) is 9.59 Å². The van der Waals surface area contributed by atoms with E-state index in [0.717, 1.165) is 51.4 Å². The molecule has 2 unspecified atom stereocenters. The van der Waals surface area contributed by atoms with Crippen molar-refractivity contribution in [3.63, 3.8) is 0 Å². The van der Waals surface area contributed by atoms with Gasteiger partial charge in [0.15, 0.2) is 5.78 Å². The first kappa shape index (κ1) is 19.1. The van der Waals surface area contributed by atoms with Crippen LogP contribution in [0.1, 0.15) is 90.4 Å². The van der Waals surface area contributed by atoms with Crippen LogP contribution in [-0.2, 0) is 14.3 Å². The van der Waals surface area contributed by atoms with E-state index in [2.05, 4.69) is 6.92 Å². The van der Waals surface area contributed by atoms with Crippen LogP contribution in [-0.4, -0.2) is 29.1 Å². The topological polar surface area (TPSA) is 63.6 Å². The number of unbranched alkanes of at least 4 members (excludes halogenated alkanes) is 7. The van der Waals surface area contributed by atoms with Gasteiger partial charge in [-0.25, -0.2) is 0 Å². The summed E-state index contributed by atoms with van der Waals surface area (Å²) in [6.45, 7) is 2.19. The number of ketones is 1. The average molecular weight is 312 g/mol. The van der Waals surface area contributed by atoms with Crippen LogP contribution < -0.4 is 0 Å². The predicted molar refractivity (Wildman–Crippen MR) is 87.0 cm³/mol. The van der Waals surface area contributed by atoms with Crippen LogP contribution in [0.5, 0.6) is 0 Å². The van der Waals surface area contributed by atoms with Crippen LogP contribution in [0.2, 0.25) is 0 Å². The van der Waals surface area contributed by atoms with E-state index in [1.54, 1.807) is 0 Å². The minimum absolute atomic E-state index is 0.127. The van der Waals surface area contributed by atoms with Gasteiger partial charge in [-0.1, -0.05) is 58.3 Å². The molecule has 1 heterocycles. The van der Waals surface area contributed by atoms with Gasteiger partial charge >= 0.3 is 5.97 Å². The number of hydrogen-bond donors (Lipinski definition) is 1. The molecule has 4 heteroatoms. The van der Waals surface area contributed by atoms with E-state index in [-0.39, 0.29) is 18.6 Å². The molecule has 0 radical (unpaired) electrons. The first-order valence-electron chi connectivity index (χ1n) is 9.03. The lowest BCUT2D eigenvalue weighted by atomic mass is 10.0. The van der Waals surface area contributed by atoms with Crippen LogP contribution in [0.3, 0.4) is 0 Å². The standard InChI is InChI=1S/C18H32O4/c1-2-3-4-9-12-17-16(19)14-15(22-17)11-8-6-5-7-10-13-18(20)21/h15,17H,2-14H2,1H3,(H,20,21). The Hall–Kier alpha value is -0.900. The van der Waals surface area contributed by atoms with Crippen molar-refractivity contribution < 1.29 is 19.4 Å². The van der Waals surface area contributed by atoms with Gasteiger partial charge in [0.05, 0.1) is 6.10 Å². The third-order valence-corrected chi connectivity index (χ3v) is 4.38. The summed E-state index contributed by atoms with van der Waals surface area (Å²) in [4.78, 5) is 22.3. The zero-order valence-electron chi connectivity index (χ0n) is 14.0. The molecule has 1 rings (SSSR count).